The van der Waals surface area contributed by atoms with Crippen molar-refractivity contribution in [3.63, 3.8) is 0 Å². The fourth-order valence-corrected chi connectivity index (χ4v) is 4.68. The molecule has 4 aromatic rings. The highest BCUT2D eigenvalue weighted by molar-refractivity contribution is 7.11. The average molecular weight is 415 g/mol. The molecule has 5 rings (SSSR count). The Morgan fingerprint density at radius 2 is 2.10 bits per heavy atom. The topological polar surface area (TPSA) is 65.7 Å². The van der Waals surface area contributed by atoms with Gasteiger partial charge >= 0.3 is 0 Å². The normalized spacial score (nSPS) is 19.2. The fourth-order valence-electron chi connectivity index (χ4n) is 3.97. The number of pyridine rings is 1. The van der Waals surface area contributed by atoms with Crippen molar-refractivity contribution in [3.8, 4) is 0 Å². The third kappa shape index (κ3) is 3.18. The smallest absolute Gasteiger partial charge is 0.291 e. The molecule has 1 fully saturated rings. The van der Waals surface area contributed by atoms with Crippen LogP contribution in [0.1, 0.15) is 33.9 Å². The number of aromatic nitrogens is 5. The molecule has 0 aliphatic carbocycles. The molecule has 1 unspecified atom stereocenters. The second-order valence-electron chi connectivity index (χ2n) is 7.42. The Labute approximate surface area is 169 Å². The van der Waals surface area contributed by atoms with Gasteiger partial charge in [0.25, 0.3) is 5.92 Å². The van der Waals surface area contributed by atoms with Gasteiger partial charge in [0.1, 0.15) is 34.0 Å². The van der Waals surface area contributed by atoms with Crippen molar-refractivity contribution in [2.24, 2.45) is 0 Å². The zero-order valence-electron chi connectivity index (χ0n) is 16.0. The van der Waals surface area contributed by atoms with E-state index in [2.05, 4.69) is 15.2 Å². The van der Waals surface area contributed by atoms with Crippen molar-refractivity contribution in [1.29, 1.82) is 0 Å². The molecule has 0 saturated carbocycles. The van der Waals surface area contributed by atoms with Gasteiger partial charge in [0, 0.05) is 12.0 Å². The highest BCUT2D eigenvalue weighted by atomic mass is 32.1. The van der Waals surface area contributed by atoms with Gasteiger partial charge < -0.3 is 9.30 Å². The predicted molar refractivity (Wildman–Crippen MR) is 107 cm³/mol. The molecule has 0 amide bonds. The number of halogens is 2. The Morgan fingerprint density at radius 1 is 1.24 bits per heavy atom. The minimum Gasteiger partial charge on any atom is -0.375 e. The van der Waals surface area contributed by atoms with Gasteiger partial charge in [-0.2, -0.15) is 0 Å². The minimum absolute atomic E-state index is 0.218. The van der Waals surface area contributed by atoms with Crippen LogP contribution in [0.4, 0.5) is 8.78 Å². The number of rotatable bonds is 3. The van der Waals surface area contributed by atoms with Gasteiger partial charge in [-0.15, -0.1) is 21.5 Å². The summed E-state index contributed by atoms with van der Waals surface area (Å²) in [4.78, 5) is 9.19. The number of fused-ring (bicyclic) bond motifs is 3. The van der Waals surface area contributed by atoms with Crippen LogP contribution in [0.3, 0.4) is 0 Å². The molecule has 3 aromatic heterocycles. The Kier molecular flexibility index (Phi) is 4.32. The van der Waals surface area contributed by atoms with Crippen LogP contribution in [0, 0.1) is 13.8 Å². The van der Waals surface area contributed by atoms with Crippen LogP contribution in [-0.2, 0) is 11.2 Å². The Bertz CT molecular complexity index is 1220. The first-order valence-corrected chi connectivity index (χ1v) is 10.2. The van der Waals surface area contributed by atoms with E-state index in [1.54, 1.807) is 10.8 Å². The SMILES string of the molecule is Cc1ccc2ncc3nc(Cc4nnc(C)s4)n(C4CCOCC4(F)F)c3c2c1. The lowest BCUT2D eigenvalue weighted by Crippen LogP contribution is -2.41. The largest absolute Gasteiger partial charge is 0.375 e. The molecular weight excluding hydrogens is 396 g/mol. The summed E-state index contributed by atoms with van der Waals surface area (Å²) in [6.07, 6.45) is 2.23. The molecule has 0 radical (unpaired) electrons. The van der Waals surface area contributed by atoms with E-state index in [9.17, 15) is 8.78 Å². The van der Waals surface area contributed by atoms with Gasteiger partial charge in [-0.25, -0.2) is 13.8 Å². The first-order chi connectivity index (χ1) is 13.9. The quantitative estimate of drug-likeness (QED) is 0.501. The lowest BCUT2D eigenvalue weighted by atomic mass is 10.0. The summed E-state index contributed by atoms with van der Waals surface area (Å²) in [5, 5.41) is 10.6. The lowest BCUT2D eigenvalue weighted by molar-refractivity contribution is -0.147. The summed E-state index contributed by atoms with van der Waals surface area (Å²) in [6, 6.07) is 4.84. The van der Waals surface area contributed by atoms with E-state index in [0.29, 0.717) is 29.9 Å². The molecule has 6 nitrogen and oxygen atoms in total. The van der Waals surface area contributed by atoms with E-state index in [0.717, 1.165) is 26.5 Å². The van der Waals surface area contributed by atoms with Crippen molar-refractivity contribution >= 4 is 33.3 Å². The predicted octanol–water partition coefficient (Wildman–Crippen LogP) is 4.24. The molecule has 1 aromatic carbocycles. The van der Waals surface area contributed by atoms with E-state index in [-0.39, 0.29) is 6.42 Å². The Balaban J connectivity index is 1.79. The maximum absolute atomic E-state index is 14.9. The van der Waals surface area contributed by atoms with Crippen LogP contribution in [0.5, 0.6) is 0 Å². The molecule has 1 atom stereocenters. The molecule has 29 heavy (non-hydrogen) atoms. The number of ether oxygens (including phenoxy) is 1. The monoisotopic (exact) mass is 415 g/mol. The summed E-state index contributed by atoms with van der Waals surface area (Å²) in [6.45, 7) is 3.56. The van der Waals surface area contributed by atoms with Crippen LogP contribution in [0.2, 0.25) is 0 Å². The highest BCUT2D eigenvalue weighted by Gasteiger charge is 2.45. The van der Waals surface area contributed by atoms with Crippen LogP contribution in [0.15, 0.2) is 24.4 Å². The number of imidazole rings is 1. The molecule has 150 valence electrons. The molecule has 9 heteroatoms. The molecule has 1 aliphatic rings. The van der Waals surface area contributed by atoms with Gasteiger partial charge in [-0.3, -0.25) is 4.98 Å². The molecule has 1 aliphatic heterocycles. The number of hydrogen-bond acceptors (Lipinski definition) is 6. The lowest BCUT2D eigenvalue weighted by Gasteiger charge is -2.33. The first kappa shape index (κ1) is 18.5. The van der Waals surface area contributed by atoms with Gasteiger partial charge in [-0.1, -0.05) is 11.6 Å². The average Bonchev–Trinajstić information content (AvgIpc) is 3.25. The van der Waals surface area contributed by atoms with Gasteiger partial charge in [0.2, 0.25) is 0 Å². The maximum Gasteiger partial charge on any atom is 0.291 e. The minimum atomic E-state index is -2.99. The molecule has 0 bridgehead atoms. The molecule has 4 heterocycles. The molecular formula is C20H19F2N5OS. The fraction of sp³-hybridized carbons (Fsp3) is 0.400. The summed E-state index contributed by atoms with van der Waals surface area (Å²) in [5.74, 6) is -2.43. The van der Waals surface area contributed by atoms with E-state index >= 15 is 0 Å². The van der Waals surface area contributed by atoms with E-state index in [4.69, 9.17) is 9.72 Å². The van der Waals surface area contributed by atoms with E-state index in [1.807, 2.05) is 32.0 Å². The number of benzene rings is 1. The first-order valence-electron chi connectivity index (χ1n) is 9.43. The van der Waals surface area contributed by atoms with E-state index in [1.165, 1.54) is 11.3 Å². The zero-order valence-corrected chi connectivity index (χ0v) is 16.8. The standard InChI is InChI=1S/C20H19F2N5OS/c1-11-3-4-14-13(7-11)19-15(9-23-14)24-17(8-18-26-25-12(2)29-18)27(19)16-5-6-28-10-20(16,21)22/h3-4,7,9,16H,5-6,8,10H2,1-2H3. The van der Waals surface area contributed by atoms with Crippen molar-refractivity contribution in [3.05, 3.63) is 45.8 Å². The number of nitrogens with zero attached hydrogens (tertiary/aromatic N) is 5. The molecule has 0 spiro atoms. The third-order valence-corrected chi connectivity index (χ3v) is 6.09. The Morgan fingerprint density at radius 3 is 2.86 bits per heavy atom. The van der Waals surface area contributed by atoms with Crippen molar-refractivity contribution in [2.45, 2.75) is 38.7 Å². The van der Waals surface area contributed by atoms with Gasteiger partial charge in [0.05, 0.1) is 23.7 Å². The van der Waals surface area contributed by atoms with Crippen LogP contribution < -0.4 is 0 Å². The van der Waals surface area contributed by atoms with Crippen molar-refractivity contribution in [1.82, 2.24) is 24.7 Å². The number of hydrogen-bond donors (Lipinski definition) is 0. The second-order valence-corrected chi connectivity index (χ2v) is 8.69. The van der Waals surface area contributed by atoms with Gasteiger partial charge in [-0.05, 0) is 32.4 Å². The summed E-state index contributed by atoms with van der Waals surface area (Å²) in [5.41, 5.74) is 3.11. The molecule has 0 N–H and O–H groups in total. The third-order valence-electron chi connectivity index (χ3n) is 5.25. The van der Waals surface area contributed by atoms with E-state index < -0.39 is 18.6 Å². The summed E-state index contributed by atoms with van der Waals surface area (Å²) < 4.78 is 36.7. The summed E-state index contributed by atoms with van der Waals surface area (Å²) in [7, 11) is 0. The zero-order chi connectivity index (χ0) is 20.2. The highest BCUT2D eigenvalue weighted by Crippen LogP contribution is 2.40. The summed E-state index contributed by atoms with van der Waals surface area (Å²) >= 11 is 1.45. The van der Waals surface area contributed by atoms with Crippen molar-refractivity contribution < 1.29 is 13.5 Å². The Hall–Kier alpha value is -2.52. The molecule has 1 saturated heterocycles. The van der Waals surface area contributed by atoms with Gasteiger partial charge in [0.15, 0.2) is 0 Å². The number of alkyl halides is 2. The number of aryl methyl sites for hydroxylation is 2. The van der Waals surface area contributed by atoms with Crippen LogP contribution in [-0.4, -0.2) is 43.9 Å². The van der Waals surface area contributed by atoms with Crippen LogP contribution >= 0.6 is 11.3 Å². The second kappa shape index (κ2) is 6.77. The van der Waals surface area contributed by atoms with Crippen LogP contribution in [0.25, 0.3) is 21.9 Å². The maximum atomic E-state index is 14.9. The van der Waals surface area contributed by atoms with Crippen molar-refractivity contribution in [2.75, 3.05) is 13.2 Å².